The largest absolute Gasteiger partial charge is 0.345 e. The Hall–Kier alpha value is -3.00. The number of amides is 1. The highest BCUT2D eigenvalue weighted by Crippen LogP contribution is 2.32. The van der Waals surface area contributed by atoms with E-state index >= 15 is 0 Å². The Morgan fingerprint density at radius 1 is 1.14 bits per heavy atom. The number of anilines is 1. The summed E-state index contributed by atoms with van der Waals surface area (Å²) in [4.78, 5) is 31.9. The van der Waals surface area contributed by atoms with Gasteiger partial charge < -0.3 is 9.80 Å². The molecule has 7 nitrogen and oxygen atoms in total. The van der Waals surface area contributed by atoms with E-state index in [1.54, 1.807) is 23.5 Å². The molecule has 2 aromatic carbocycles. The molecule has 1 amide bonds. The summed E-state index contributed by atoms with van der Waals surface area (Å²) in [6.07, 6.45) is 0.262. The van der Waals surface area contributed by atoms with Crippen LogP contribution in [0.25, 0.3) is 10.2 Å². The number of benzene rings is 2. The molecule has 1 fully saturated rings. The van der Waals surface area contributed by atoms with E-state index in [-0.39, 0.29) is 18.0 Å². The molecule has 0 saturated carbocycles. The predicted molar refractivity (Wildman–Crippen MR) is 115 cm³/mol. The summed E-state index contributed by atoms with van der Waals surface area (Å²) in [5, 5.41) is 11.8. The fourth-order valence-corrected chi connectivity index (χ4v) is 4.86. The van der Waals surface area contributed by atoms with Crippen LogP contribution in [-0.2, 0) is 11.2 Å². The number of nitro benzene ring substituents is 1. The summed E-state index contributed by atoms with van der Waals surface area (Å²) >= 11 is 1.70. The molecule has 0 aliphatic carbocycles. The molecule has 1 aliphatic heterocycles. The van der Waals surface area contributed by atoms with Crippen molar-refractivity contribution >= 4 is 38.3 Å². The smallest absolute Gasteiger partial charge is 0.269 e. The number of hydrogen-bond acceptors (Lipinski definition) is 6. The van der Waals surface area contributed by atoms with Crippen LogP contribution in [0.2, 0.25) is 0 Å². The Balaban J connectivity index is 1.38. The Morgan fingerprint density at radius 3 is 2.48 bits per heavy atom. The number of rotatable bonds is 4. The lowest BCUT2D eigenvalue weighted by atomic mass is 10.1. The minimum absolute atomic E-state index is 0.0380. The second-order valence-electron chi connectivity index (χ2n) is 7.39. The van der Waals surface area contributed by atoms with Gasteiger partial charge in [0.05, 0.1) is 21.6 Å². The van der Waals surface area contributed by atoms with Crippen molar-refractivity contribution in [2.75, 3.05) is 31.1 Å². The van der Waals surface area contributed by atoms with Crippen LogP contribution < -0.4 is 4.90 Å². The zero-order chi connectivity index (χ0) is 20.5. The monoisotopic (exact) mass is 410 g/mol. The van der Waals surface area contributed by atoms with Crippen molar-refractivity contribution in [3.8, 4) is 0 Å². The van der Waals surface area contributed by atoms with Crippen LogP contribution in [0.4, 0.5) is 10.8 Å². The van der Waals surface area contributed by atoms with Gasteiger partial charge in [0.1, 0.15) is 0 Å². The highest BCUT2D eigenvalue weighted by Gasteiger charge is 2.23. The van der Waals surface area contributed by atoms with Crippen LogP contribution in [0.1, 0.15) is 16.7 Å². The van der Waals surface area contributed by atoms with Crippen LogP contribution in [-0.4, -0.2) is 46.9 Å². The number of carbonyl (C=O) groups excluding carboxylic acids is 1. The van der Waals surface area contributed by atoms with Crippen LogP contribution in [0.15, 0.2) is 36.4 Å². The van der Waals surface area contributed by atoms with Gasteiger partial charge in [0.2, 0.25) is 5.91 Å². The van der Waals surface area contributed by atoms with Crippen molar-refractivity contribution in [2.24, 2.45) is 0 Å². The second kappa shape index (κ2) is 7.79. The van der Waals surface area contributed by atoms with Crippen molar-refractivity contribution in [3.63, 3.8) is 0 Å². The number of fused-ring (bicyclic) bond motifs is 1. The minimum Gasteiger partial charge on any atom is -0.345 e. The summed E-state index contributed by atoms with van der Waals surface area (Å²) in [6.45, 7) is 7.00. The van der Waals surface area contributed by atoms with Gasteiger partial charge in [0.15, 0.2) is 5.13 Å². The van der Waals surface area contributed by atoms with Crippen LogP contribution >= 0.6 is 11.3 Å². The summed E-state index contributed by atoms with van der Waals surface area (Å²) in [5.74, 6) is 0.0503. The van der Waals surface area contributed by atoms with Gasteiger partial charge >= 0.3 is 0 Å². The SMILES string of the molecule is Cc1cc(C)c2nc(N3CCN(C(=O)Cc4ccc([N+](=O)[O-])cc4)CC3)sc2c1. The number of hydrogen-bond donors (Lipinski definition) is 0. The van der Waals surface area contributed by atoms with Crippen molar-refractivity contribution in [2.45, 2.75) is 20.3 Å². The number of carbonyl (C=O) groups is 1. The maximum atomic E-state index is 12.6. The summed E-state index contributed by atoms with van der Waals surface area (Å²) in [6, 6.07) is 10.5. The van der Waals surface area contributed by atoms with Crippen molar-refractivity contribution in [1.29, 1.82) is 0 Å². The van der Waals surface area contributed by atoms with Crippen molar-refractivity contribution < 1.29 is 9.72 Å². The fourth-order valence-electron chi connectivity index (χ4n) is 3.66. The number of non-ortho nitro benzene ring substituents is 1. The normalized spacial score (nSPS) is 14.4. The highest BCUT2D eigenvalue weighted by atomic mass is 32.1. The number of aromatic nitrogens is 1. The fraction of sp³-hybridized carbons (Fsp3) is 0.333. The minimum atomic E-state index is -0.435. The van der Waals surface area contributed by atoms with E-state index in [0.717, 1.165) is 29.3 Å². The lowest BCUT2D eigenvalue weighted by Crippen LogP contribution is -2.49. The lowest BCUT2D eigenvalue weighted by molar-refractivity contribution is -0.384. The molecule has 0 atom stereocenters. The molecular weight excluding hydrogens is 388 g/mol. The van der Waals surface area contributed by atoms with E-state index in [9.17, 15) is 14.9 Å². The van der Waals surface area contributed by atoms with Crippen molar-refractivity contribution in [1.82, 2.24) is 9.88 Å². The van der Waals surface area contributed by atoms with Gasteiger partial charge in [-0.2, -0.15) is 0 Å². The third-order valence-corrected chi connectivity index (χ3v) is 6.29. The molecule has 150 valence electrons. The number of nitrogens with zero attached hydrogens (tertiary/aromatic N) is 4. The Morgan fingerprint density at radius 2 is 1.83 bits per heavy atom. The molecule has 1 aromatic heterocycles. The van der Waals surface area contributed by atoms with Crippen LogP contribution in [0.3, 0.4) is 0 Å². The van der Waals surface area contributed by atoms with Gasteiger partial charge in [0, 0.05) is 38.3 Å². The maximum absolute atomic E-state index is 12.6. The maximum Gasteiger partial charge on any atom is 0.269 e. The van der Waals surface area contributed by atoms with Crippen LogP contribution in [0.5, 0.6) is 0 Å². The van der Waals surface area contributed by atoms with Gasteiger partial charge in [-0.15, -0.1) is 0 Å². The standard InChI is InChI=1S/C21H22N4O3S/c1-14-11-15(2)20-18(12-14)29-21(22-20)24-9-7-23(8-10-24)19(26)13-16-3-5-17(6-4-16)25(27)28/h3-6,11-12H,7-10,13H2,1-2H3. The second-order valence-corrected chi connectivity index (χ2v) is 8.40. The number of thiazole rings is 1. The summed E-state index contributed by atoms with van der Waals surface area (Å²) in [5.41, 5.74) is 4.33. The Bertz CT molecular complexity index is 1070. The lowest BCUT2D eigenvalue weighted by Gasteiger charge is -2.34. The van der Waals surface area contributed by atoms with Gasteiger partial charge in [-0.1, -0.05) is 29.5 Å². The highest BCUT2D eigenvalue weighted by molar-refractivity contribution is 7.22. The zero-order valence-corrected chi connectivity index (χ0v) is 17.2. The molecule has 0 spiro atoms. The zero-order valence-electron chi connectivity index (χ0n) is 16.4. The average Bonchev–Trinajstić information content (AvgIpc) is 3.13. The van der Waals surface area contributed by atoms with Gasteiger partial charge in [-0.3, -0.25) is 14.9 Å². The predicted octanol–water partition coefficient (Wildman–Crippen LogP) is 3.71. The third kappa shape index (κ3) is 4.07. The number of aryl methyl sites for hydroxylation is 2. The van der Waals surface area contributed by atoms with Gasteiger partial charge in [0.25, 0.3) is 5.69 Å². The third-order valence-electron chi connectivity index (χ3n) is 5.22. The first-order valence-electron chi connectivity index (χ1n) is 9.54. The van der Waals surface area contributed by atoms with Gasteiger partial charge in [-0.25, -0.2) is 4.98 Å². The first-order chi connectivity index (χ1) is 13.9. The molecule has 29 heavy (non-hydrogen) atoms. The first kappa shape index (κ1) is 19.3. The van der Waals surface area contributed by atoms with Gasteiger partial charge in [-0.05, 0) is 36.6 Å². The molecule has 4 rings (SSSR count). The quantitative estimate of drug-likeness (QED) is 0.484. The van der Waals surface area contributed by atoms with E-state index in [1.165, 1.54) is 28.0 Å². The molecule has 1 saturated heterocycles. The number of piperazine rings is 1. The van der Waals surface area contributed by atoms with E-state index in [0.29, 0.717) is 13.1 Å². The Kier molecular flexibility index (Phi) is 5.19. The molecule has 3 aromatic rings. The molecule has 0 radical (unpaired) electrons. The summed E-state index contributed by atoms with van der Waals surface area (Å²) < 4.78 is 1.20. The average molecular weight is 410 g/mol. The molecule has 0 bridgehead atoms. The Labute approximate surface area is 172 Å². The van der Waals surface area contributed by atoms with E-state index in [2.05, 4.69) is 30.9 Å². The van der Waals surface area contributed by atoms with Crippen molar-refractivity contribution in [3.05, 3.63) is 63.2 Å². The van der Waals surface area contributed by atoms with Crippen LogP contribution in [0, 0.1) is 24.0 Å². The van der Waals surface area contributed by atoms with E-state index in [1.807, 2.05) is 4.90 Å². The topological polar surface area (TPSA) is 79.6 Å². The summed E-state index contributed by atoms with van der Waals surface area (Å²) in [7, 11) is 0. The van der Waals surface area contributed by atoms with E-state index < -0.39 is 4.92 Å². The molecule has 2 heterocycles. The first-order valence-corrected chi connectivity index (χ1v) is 10.4. The number of nitro groups is 1. The molecule has 0 unspecified atom stereocenters. The molecular formula is C21H22N4O3S. The molecule has 0 N–H and O–H groups in total. The molecule has 8 heteroatoms. The van der Waals surface area contributed by atoms with E-state index in [4.69, 9.17) is 4.98 Å². The molecule has 1 aliphatic rings.